The first-order valence-corrected chi connectivity index (χ1v) is 9.09. The van der Waals surface area contributed by atoms with Crippen molar-refractivity contribution < 1.29 is 0 Å². The minimum Gasteiger partial charge on any atom is -0.365 e. The number of nitrogens with zero attached hydrogens (tertiary/aromatic N) is 2. The van der Waals surface area contributed by atoms with Crippen molar-refractivity contribution in [1.82, 2.24) is 10.2 Å². The Morgan fingerprint density at radius 3 is 2.38 bits per heavy atom. The van der Waals surface area contributed by atoms with E-state index in [1.54, 1.807) is 0 Å². The van der Waals surface area contributed by atoms with Crippen molar-refractivity contribution in [3.8, 4) is 11.3 Å². The Bertz CT molecular complexity index is 975. The lowest BCUT2D eigenvalue weighted by atomic mass is 9.77. The molecule has 0 spiro atoms. The van der Waals surface area contributed by atoms with E-state index in [0.29, 0.717) is 0 Å². The lowest BCUT2D eigenvalue weighted by Gasteiger charge is -2.34. The maximum Gasteiger partial charge on any atom is 0.156 e. The van der Waals surface area contributed by atoms with E-state index in [-0.39, 0.29) is 11.5 Å². The smallest absolute Gasteiger partial charge is 0.156 e. The highest BCUT2D eigenvalue weighted by Crippen LogP contribution is 2.35. The third-order valence-electron chi connectivity index (χ3n) is 5.36. The normalized spacial score (nSPS) is 20.2. The molecule has 1 aliphatic rings. The number of aromatic nitrogens is 2. The summed E-state index contributed by atoms with van der Waals surface area (Å²) in [5, 5.41) is 14.9. The topological polar surface area (TPSA) is 37.8 Å². The van der Waals surface area contributed by atoms with Crippen molar-refractivity contribution >= 4 is 16.6 Å². The molecular formula is C23H23N3. The van der Waals surface area contributed by atoms with Gasteiger partial charge in [-0.2, -0.15) is 0 Å². The molecule has 0 saturated heterocycles. The molecule has 1 aliphatic carbocycles. The molecular weight excluding hydrogens is 318 g/mol. The fraction of sp³-hybridized carbons (Fsp3) is 0.217. The molecule has 3 heteroatoms. The largest absolute Gasteiger partial charge is 0.365 e. The van der Waals surface area contributed by atoms with Crippen molar-refractivity contribution in [2.45, 2.75) is 26.3 Å². The third kappa shape index (κ3) is 3.01. The molecule has 0 saturated carbocycles. The second kappa shape index (κ2) is 6.75. The lowest BCUT2D eigenvalue weighted by Crippen LogP contribution is -2.35. The number of nitrogens with one attached hydrogen (secondary N) is 1. The highest BCUT2D eigenvalue weighted by Gasteiger charge is 2.29. The molecule has 0 bridgehead atoms. The molecule has 3 aromatic rings. The predicted molar refractivity (Wildman–Crippen MR) is 109 cm³/mol. The van der Waals surface area contributed by atoms with Gasteiger partial charge in [-0.15, -0.1) is 10.2 Å². The van der Waals surface area contributed by atoms with Gasteiger partial charge in [0.15, 0.2) is 5.82 Å². The van der Waals surface area contributed by atoms with Gasteiger partial charge in [0.05, 0.1) is 0 Å². The van der Waals surface area contributed by atoms with Crippen LogP contribution in [0.5, 0.6) is 0 Å². The van der Waals surface area contributed by atoms with Gasteiger partial charge in [-0.1, -0.05) is 85.8 Å². The number of benzene rings is 2. The molecule has 0 aliphatic heterocycles. The van der Waals surface area contributed by atoms with Gasteiger partial charge in [0.25, 0.3) is 0 Å². The zero-order chi connectivity index (χ0) is 18.0. The van der Waals surface area contributed by atoms with Gasteiger partial charge in [0, 0.05) is 27.8 Å². The summed E-state index contributed by atoms with van der Waals surface area (Å²) in [4.78, 5) is 0. The molecule has 4 rings (SSSR count). The fourth-order valence-corrected chi connectivity index (χ4v) is 3.45. The van der Waals surface area contributed by atoms with E-state index in [2.05, 4.69) is 90.1 Å². The van der Waals surface area contributed by atoms with Gasteiger partial charge in [0.2, 0.25) is 0 Å². The summed E-state index contributed by atoms with van der Waals surface area (Å²) in [5.74, 6) is 0.844. The fourth-order valence-electron chi connectivity index (χ4n) is 3.45. The van der Waals surface area contributed by atoms with E-state index >= 15 is 0 Å². The molecule has 0 radical (unpaired) electrons. The quantitative estimate of drug-likeness (QED) is 0.669. The first-order valence-electron chi connectivity index (χ1n) is 9.09. The van der Waals surface area contributed by atoms with E-state index in [1.807, 2.05) is 18.2 Å². The van der Waals surface area contributed by atoms with Crippen molar-refractivity contribution in [3.05, 3.63) is 78.9 Å². The van der Waals surface area contributed by atoms with Crippen molar-refractivity contribution in [3.63, 3.8) is 0 Å². The van der Waals surface area contributed by atoms with Crippen molar-refractivity contribution in [1.29, 1.82) is 0 Å². The van der Waals surface area contributed by atoms with Crippen LogP contribution in [0.15, 0.2) is 78.9 Å². The summed E-state index contributed by atoms with van der Waals surface area (Å²) in [6.45, 7) is 4.49. The SMILES string of the molecule is CC(Nc1nnc(-c2ccccc2)c2ccccc12)[C@@]1(C)C=CC=CC1. The molecule has 1 unspecified atom stereocenters. The van der Waals surface area contributed by atoms with Gasteiger partial charge in [0.1, 0.15) is 5.69 Å². The first-order chi connectivity index (χ1) is 12.7. The molecule has 1 aromatic heterocycles. The predicted octanol–water partition coefficient (Wildman–Crippen LogP) is 5.62. The molecule has 1 heterocycles. The molecule has 130 valence electrons. The summed E-state index contributed by atoms with van der Waals surface area (Å²) in [7, 11) is 0. The van der Waals surface area contributed by atoms with E-state index in [0.717, 1.165) is 34.3 Å². The number of rotatable bonds is 4. The minimum absolute atomic E-state index is 0.0651. The molecule has 26 heavy (non-hydrogen) atoms. The Morgan fingerprint density at radius 1 is 0.923 bits per heavy atom. The summed E-state index contributed by atoms with van der Waals surface area (Å²) in [6, 6.07) is 18.8. The molecule has 0 fully saturated rings. The second-order valence-corrected chi connectivity index (χ2v) is 7.17. The highest BCUT2D eigenvalue weighted by atomic mass is 15.2. The Kier molecular flexibility index (Phi) is 4.29. The Morgan fingerprint density at radius 2 is 1.65 bits per heavy atom. The summed E-state index contributed by atoms with van der Waals surface area (Å²) >= 11 is 0. The van der Waals surface area contributed by atoms with Gasteiger partial charge in [-0.3, -0.25) is 0 Å². The average molecular weight is 341 g/mol. The van der Waals surface area contributed by atoms with Crippen LogP contribution in [0.2, 0.25) is 0 Å². The molecule has 2 aromatic carbocycles. The number of fused-ring (bicyclic) bond motifs is 1. The van der Waals surface area contributed by atoms with Gasteiger partial charge in [-0.25, -0.2) is 0 Å². The van der Waals surface area contributed by atoms with E-state index in [4.69, 9.17) is 0 Å². The Labute approximate surface area is 154 Å². The Balaban J connectivity index is 1.73. The van der Waals surface area contributed by atoms with E-state index in [1.165, 1.54) is 0 Å². The molecule has 2 atom stereocenters. The standard InChI is InChI=1S/C23H23N3/c1-17(23(2)15-9-4-10-16-23)24-22-20-14-8-7-13-19(20)21(25-26-22)18-11-5-3-6-12-18/h3-15,17H,16H2,1-2H3,(H,24,26)/t17?,23-/m0/s1. The van der Waals surface area contributed by atoms with Crippen LogP contribution in [0.3, 0.4) is 0 Å². The highest BCUT2D eigenvalue weighted by molar-refractivity contribution is 6.00. The van der Waals surface area contributed by atoms with Gasteiger partial charge in [-0.05, 0) is 13.3 Å². The van der Waals surface area contributed by atoms with Crippen LogP contribution in [0.4, 0.5) is 5.82 Å². The first kappa shape index (κ1) is 16.5. The van der Waals surface area contributed by atoms with Crippen LogP contribution in [0, 0.1) is 5.41 Å². The number of hydrogen-bond donors (Lipinski definition) is 1. The van der Waals surface area contributed by atoms with Crippen molar-refractivity contribution in [2.24, 2.45) is 5.41 Å². The van der Waals surface area contributed by atoms with Crippen LogP contribution in [-0.4, -0.2) is 16.2 Å². The Hall–Kier alpha value is -2.94. The zero-order valence-electron chi connectivity index (χ0n) is 15.2. The maximum absolute atomic E-state index is 4.55. The zero-order valence-corrected chi connectivity index (χ0v) is 15.2. The monoisotopic (exact) mass is 341 g/mol. The van der Waals surface area contributed by atoms with Gasteiger partial charge >= 0.3 is 0 Å². The second-order valence-electron chi connectivity index (χ2n) is 7.17. The molecule has 3 nitrogen and oxygen atoms in total. The van der Waals surface area contributed by atoms with E-state index in [9.17, 15) is 0 Å². The van der Waals surface area contributed by atoms with E-state index < -0.39 is 0 Å². The van der Waals surface area contributed by atoms with Gasteiger partial charge < -0.3 is 5.32 Å². The van der Waals surface area contributed by atoms with Crippen LogP contribution in [0.1, 0.15) is 20.3 Å². The number of anilines is 1. The minimum atomic E-state index is 0.0651. The van der Waals surface area contributed by atoms with Crippen LogP contribution < -0.4 is 5.32 Å². The summed E-state index contributed by atoms with van der Waals surface area (Å²) < 4.78 is 0. The van der Waals surface area contributed by atoms with Crippen LogP contribution in [-0.2, 0) is 0 Å². The molecule has 1 N–H and O–H groups in total. The lowest BCUT2D eigenvalue weighted by molar-refractivity contribution is 0.374. The third-order valence-corrected chi connectivity index (χ3v) is 5.36. The van der Waals surface area contributed by atoms with Crippen molar-refractivity contribution in [2.75, 3.05) is 5.32 Å². The maximum atomic E-state index is 4.55. The summed E-state index contributed by atoms with van der Waals surface area (Å²) in [6.07, 6.45) is 9.76. The summed E-state index contributed by atoms with van der Waals surface area (Å²) in [5.41, 5.74) is 2.07. The van der Waals surface area contributed by atoms with Crippen LogP contribution >= 0.6 is 0 Å². The average Bonchev–Trinajstić information content (AvgIpc) is 2.69. The van der Waals surface area contributed by atoms with Crippen LogP contribution in [0.25, 0.3) is 22.0 Å². The molecule has 0 amide bonds. The number of allylic oxidation sites excluding steroid dienone is 3. The number of hydrogen-bond acceptors (Lipinski definition) is 3.